The molecule has 1 aromatic carbocycles. The SMILES string of the molecule is CC(=O)NCCCSCc1nnc(-c2ccccc2)o1. The summed E-state index contributed by atoms with van der Waals surface area (Å²) in [6.07, 6.45) is 0.934. The van der Waals surface area contributed by atoms with Crippen LogP contribution in [0.2, 0.25) is 0 Å². The van der Waals surface area contributed by atoms with Crippen LogP contribution in [0, 0.1) is 0 Å². The molecule has 6 heteroatoms. The first-order valence-corrected chi connectivity index (χ1v) is 7.61. The first-order chi connectivity index (χ1) is 9.75. The molecule has 0 spiro atoms. The highest BCUT2D eigenvalue weighted by Crippen LogP contribution is 2.19. The molecule has 0 radical (unpaired) electrons. The second kappa shape index (κ2) is 7.69. The molecule has 106 valence electrons. The van der Waals surface area contributed by atoms with Crippen molar-refractivity contribution < 1.29 is 9.21 Å². The van der Waals surface area contributed by atoms with Crippen LogP contribution in [0.3, 0.4) is 0 Å². The number of carbonyl (C=O) groups excluding carboxylic acids is 1. The summed E-state index contributed by atoms with van der Waals surface area (Å²) in [6, 6.07) is 9.72. The Morgan fingerprint density at radius 3 is 2.85 bits per heavy atom. The maximum absolute atomic E-state index is 10.7. The number of nitrogens with one attached hydrogen (secondary N) is 1. The standard InChI is InChI=1S/C14H17N3O2S/c1-11(18)15-8-5-9-20-10-13-16-17-14(19-13)12-6-3-2-4-7-12/h2-4,6-7H,5,8-10H2,1H3,(H,15,18). The third-order valence-electron chi connectivity index (χ3n) is 2.55. The summed E-state index contributed by atoms with van der Waals surface area (Å²) in [5.41, 5.74) is 0.932. The molecule has 0 fully saturated rings. The average Bonchev–Trinajstić information content (AvgIpc) is 2.92. The van der Waals surface area contributed by atoms with Crippen LogP contribution >= 0.6 is 11.8 Å². The van der Waals surface area contributed by atoms with Gasteiger partial charge in [-0.2, -0.15) is 11.8 Å². The van der Waals surface area contributed by atoms with Crippen LogP contribution in [-0.2, 0) is 10.5 Å². The van der Waals surface area contributed by atoms with Gasteiger partial charge in [-0.05, 0) is 24.3 Å². The lowest BCUT2D eigenvalue weighted by Crippen LogP contribution is -2.21. The monoisotopic (exact) mass is 291 g/mol. The third kappa shape index (κ3) is 4.70. The van der Waals surface area contributed by atoms with Crippen LogP contribution in [0.4, 0.5) is 0 Å². The molecule has 5 nitrogen and oxygen atoms in total. The summed E-state index contributed by atoms with van der Waals surface area (Å²) < 4.78 is 5.60. The molecule has 0 aliphatic carbocycles. The second-order valence-electron chi connectivity index (χ2n) is 4.26. The summed E-state index contributed by atoms with van der Waals surface area (Å²) in [7, 11) is 0. The van der Waals surface area contributed by atoms with Gasteiger partial charge in [0.05, 0.1) is 5.75 Å². The molecule has 1 amide bonds. The van der Waals surface area contributed by atoms with Crippen molar-refractivity contribution in [3.63, 3.8) is 0 Å². The number of thioether (sulfide) groups is 1. The van der Waals surface area contributed by atoms with Gasteiger partial charge in [-0.15, -0.1) is 10.2 Å². The van der Waals surface area contributed by atoms with E-state index in [9.17, 15) is 4.79 Å². The normalized spacial score (nSPS) is 10.4. The average molecular weight is 291 g/mol. The van der Waals surface area contributed by atoms with Crippen LogP contribution in [0.5, 0.6) is 0 Å². The van der Waals surface area contributed by atoms with E-state index in [1.54, 1.807) is 11.8 Å². The highest BCUT2D eigenvalue weighted by Gasteiger charge is 2.07. The zero-order chi connectivity index (χ0) is 14.2. The molecule has 0 aliphatic heterocycles. The van der Waals surface area contributed by atoms with Crippen molar-refractivity contribution >= 4 is 17.7 Å². The van der Waals surface area contributed by atoms with Gasteiger partial charge in [-0.1, -0.05) is 18.2 Å². The Morgan fingerprint density at radius 2 is 2.10 bits per heavy atom. The third-order valence-corrected chi connectivity index (χ3v) is 3.58. The minimum Gasteiger partial charge on any atom is -0.420 e. The molecule has 0 saturated carbocycles. The predicted molar refractivity (Wildman–Crippen MR) is 79.2 cm³/mol. The van der Waals surface area contributed by atoms with E-state index in [0.717, 1.165) is 17.7 Å². The zero-order valence-corrected chi connectivity index (χ0v) is 12.2. The lowest BCUT2D eigenvalue weighted by Gasteiger charge is -2.00. The first-order valence-electron chi connectivity index (χ1n) is 6.45. The van der Waals surface area contributed by atoms with Crippen molar-refractivity contribution in [2.45, 2.75) is 19.1 Å². The maximum atomic E-state index is 10.7. The number of hydrogen-bond donors (Lipinski definition) is 1. The van der Waals surface area contributed by atoms with Crippen molar-refractivity contribution in [3.8, 4) is 11.5 Å². The summed E-state index contributed by atoms with van der Waals surface area (Å²) in [6.45, 7) is 2.23. The Hall–Kier alpha value is -1.82. The fraction of sp³-hybridized carbons (Fsp3) is 0.357. The van der Waals surface area contributed by atoms with E-state index < -0.39 is 0 Å². The Balaban J connectivity index is 1.72. The molecule has 0 aliphatic rings. The van der Waals surface area contributed by atoms with Gasteiger partial charge in [0.25, 0.3) is 0 Å². The van der Waals surface area contributed by atoms with Crippen LogP contribution in [0.15, 0.2) is 34.7 Å². The molecule has 2 rings (SSSR count). The van der Waals surface area contributed by atoms with Crippen molar-refractivity contribution in [1.82, 2.24) is 15.5 Å². The fourth-order valence-electron chi connectivity index (χ4n) is 1.61. The number of nitrogens with zero attached hydrogens (tertiary/aromatic N) is 2. The lowest BCUT2D eigenvalue weighted by molar-refractivity contribution is -0.118. The summed E-state index contributed by atoms with van der Waals surface area (Å²) >= 11 is 1.72. The maximum Gasteiger partial charge on any atom is 0.247 e. The fourth-order valence-corrected chi connectivity index (χ4v) is 2.39. The zero-order valence-electron chi connectivity index (χ0n) is 11.3. The number of hydrogen-bond acceptors (Lipinski definition) is 5. The highest BCUT2D eigenvalue weighted by molar-refractivity contribution is 7.98. The van der Waals surface area contributed by atoms with Gasteiger partial charge < -0.3 is 9.73 Å². The van der Waals surface area contributed by atoms with Gasteiger partial charge in [0.15, 0.2) is 0 Å². The van der Waals surface area contributed by atoms with Crippen molar-refractivity contribution in [1.29, 1.82) is 0 Å². The first kappa shape index (κ1) is 14.6. The molecule has 1 N–H and O–H groups in total. The Labute approximate surface area is 122 Å². The summed E-state index contributed by atoms with van der Waals surface area (Å²) in [5, 5.41) is 10.8. The Kier molecular flexibility index (Phi) is 5.61. The van der Waals surface area contributed by atoms with Gasteiger partial charge >= 0.3 is 0 Å². The van der Waals surface area contributed by atoms with Crippen molar-refractivity contribution in [3.05, 3.63) is 36.2 Å². The smallest absolute Gasteiger partial charge is 0.247 e. The summed E-state index contributed by atoms with van der Waals surface area (Å²) in [5.74, 6) is 2.84. The number of amides is 1. The van der Waals surface area contributed by atoms with Crippen molar-refractivity contribution in [2.24, 2.45) is 0 Å². The molecule has 0 saturated heterocycles. The quantitative estimate of drug-likeness (QED) is 0.794. The van der Waals surface area contributed by atoms with E-state index in [1.165, 1.54) is 6.92 Å². The van der Waals surface area contributed by atoms with E-state index in [2.05, 4.69) is 15.5 Å². The molecule has 20 heavy (non-hydrogen) atoms. The van der Waals surface area contributed by atoms with Crippen LogP contribution in [0.1, 0.15) is 19.2 Å². The van der Waals surface area contributed by atoms with Crippen LogP contribution < -0.4 is 5.32 Å². The van der Waals surface area contributed by atoms with Gasteiger partial charge in [-0.25, -0.2) is 0 Å². The summed E-state index contributed by atoms with van der Waals surface area (Å²) in [4.78, 5) is 10.7. The van der Waals surface area contributed by atoms with Crippen LogP contribution in [-0.4, -0.2) is 28.4 Å². The van der Waals surface area contributed by atoms with E-state index in [-0.39, 0.29) is 5.91 Å². The largest absolute Gasteiger partial charge is 0.420 e. The number of aromatic nitrogens is 2. The van der Waals surface area contributed by atoms with E-state index in [4.69, 9.17) is 4.42 Å². The van der Waals surface area contributed by atoms with E-state index >= 15 is 0 Å². The van der Waals surface area contributed by atoms with Gasteiger partial charge in [0.1, 0.15) is 0 Å². The molecule has 0 unspecified atom stereocenters. The molecule has 1 heterocycles. The molecular weight excluding hydrogens is 274 g/mol. The van der Waals surface area contributed by atoms with Crippen molar-refractivity contribution in [2.75, 3.05) is 12.3 Å². The Morgan fingerprint density at radius 1 is 1.30 bits per heavy atom. The van der Waals surface area contributed by atoms with Gasteiger partial charge in [0.2, 0.25) is 17.7 Å². The molecular formula is C14H17N3O2S. The molecule has 1 aromatic heterocycles. The predicted octanol–water partition coefficient (Wildman–Crippen LogP) is 2.50. The lowest BCUT2D eigenvalue weighted by atomic mass is 10.2. The van der Waals surface area contributed by atoms with E-state index in [0.29, 0.717) is 24.1 Å². The molecule has 0 atom stereocenters. The number of rotatable bonds is 7. The molecule has 2 aromatic rings. The topological polar surface area (TPSA) is 68.0 Å². The number of carbonyl (C=O) groups is 1. The van der Waals surface area contributed by atoms with Gasteiger partial charge in [0, 0.05) is 19.0 Å². The second-order valence-corrected chi connectivity index (χ2v) is 5.36. The van der Waals surface area contributed by atoms with E-state index in [1.807, 2.05) is 30.3 Å². The Bertz CT molecular complexity index is 542. The minimum atomic E-state index is 0.0133. The van der Waals surface area contributed by atoms with Gasteiger partial charge in [-0.3, -0.25) is 4.79 Å². The molecule has 0 bridgehead atoms. The highest BCUT2D eigenvalue weighted by atomic mass is 32.2. The number of benzene rings is 1. The van der Waals surface area contributed by atoms with Crippen LogP contribution in [0.25, 0.3) is 11.5 Å². The minimum absolute atomic E-state index is 0.0133.